The first-order valence-corrected chi connectivity index (χ1v) is 8.92. The van der Waals surface area contributed by atoms with Crippen LogP contribution < -0.4 is 5.32 Å². The average Bonchev–Trinajstić information content (AvgIpc) is 2.68. The van der Waals surface area contributed by atoms with Gasteiger partial charge in [-0.1, -0.05) is 42.3 Å². The molecule has 0 fully saturated rings. The highest BCUT2D eigenvalue weighted by atomic mass is 35.5. The quantitative estimate of drug-likeness (QED) is 0.633. The van der Waals surface area contributed by atoms with E-state index in [9.17, 15) is 9.59 Å². The molecule has 8 heteroatoms. The number of hydrogen-bond acceptors (Lipinski definition) is 5. The van der Waals surface area contributed by atoms with Gasteiger partial charge in [0.05, 0.1) is 27.3 Å². The lowest BCUT2D eigenvalue weighted by Gasteiger charge is -2.16. The third-order valence-electron chi connectivity index (χ3n) is 3.76. The molecule has 0 aliphatic carbocycles. The van der Waals surface area contributed by atoms with Crippen molar-refractivity contribution in [2.75, 3.05) is 5.32 Å². The van der Waals surface area contributed by atoms with Gasteiger partial charge < -0.3 is 10.1 Å². The Morgan fingerprint density at radius 2 is 1.85 bits per heavy atom. The molecule has 0 saturated carbocycles. The lowest BCUT2D eigenvalue weighted by molar-refractivity contribution is -0.124. The molecule has 1 heterocycles. The smallest absolute Gasteiger partial charge is 0.359 e. The Bertz CT molecular complexity index is 1010. The fourth-order valence-electron chi connectivity index (χ4n) is 2.36. The monoisotopic (exact) mass is 403 g/mol. The van der Waals surface area contributed by atoms with Gasteiger partial charge in [0, 0.05) is 5.69 Å². The summed E-state index contributed by atoms with van der Waals surface area (Å²) in [4.78, 5) is 33.2. The summed E-state index contributed by atoms with van der Waals surface area (Å²) in [6.45, 7) is 1.73. The first-order chi connectivity index (χ1) is 13.0. The zero-order chi connectivity index (χ0) is 19.4. The number of nitrogens with zero attached hydrogens (tertiary/aromatic N) is 2. The first-order valence-electron chi connectivity index (χ1n) is 8.16. The number of rotatable bonds is 5. The molecule has 1 aromatic heterocycles. The van der Waals surface area contributed by atoms with E-state index in [0.29, 0.717) is 33.2 Å². The van der Waals surface area contributed by atoms with E-state index in [1.54, 1.807) is 37.3 Å². The number of benzene rings is 2. The van der Waals surface area contributed by atoms with E-state index in [-0.39, 0.29) is 5.69 Å². The number of fused-ring (bicyclic) bond motifs is 1. The van der Waals surface area contributed by atoms with Crippen LogP contribution in [0.15, 0.2) is 48.7 Å². The molecule has 0 aliphatic rings. The number of anilines is 1. The normalized spacial score (nSPS) is 11.8. The summed E-state index contributed by atoms with van der Waals surface area (Å²) in [6.07, 6.45) is 0.633. The predicted molar refractivity (Wildman–Crippen MR) is 104 cm³/mol. The van der Waals surface area contributed by atoms with Crippen molar-refractivity contribution in [3.8, 4) is 0 Å². The summed E-state index contributed by atoms with van der Waals surface area (Å²) in [5.41, 5.74) is 1.72. The molecule has 1 amide bonds. The lowest BCUT2D eigenvalue weighted by Crippen LogP contribution is -2.32. The number of amides is 1. The molecule has 3 aromatic rings. The van der Waals surface area contributed by atoms with E-state index in [2.05, 4.69) is 15.3 Å². The number of halogens is 2. The van der Waals surface area contributed by atoms with Gasteiger partial charge in [-0.15, -0.1) is 0 Å². The van der Waals surface area contributed by atoms with E-state index in [4.69, 9.17) is 27.9 Å². The summed E-state index contributed by atoms with van der Waals surface area (Å²) in [6, 6.07) is 11.9. The van der Waals surface area contributed by atoms with Crippen molar-refractivity contribution in [2.24, 2.45) is 0 Å². The molecule has 6 nitrogen and oxygen atoms in total. The molecule has 1 N–H and O–H groups in total. The van der Waals surface area contributed by atoms with Crippen LogP contribution in [0.3, 0.4) is 0 Å². The standard InChI is InChI=1S/C19H15Cl2N3O3/c1-2-17(18(25)23-11-7-8-12(20)13(21)9-11)27-19(26)16-10-22-14-5-3-4-6-15(14)24-16/h3-10,17H,2H2,1H3,(H,23,25). The third kappa shape index (κ3) is 4.53. The Balaban J connectivity index is 1.71. The Morgan fingerprint density at radius 1 is 1.11 bits per heavy atom. The molecule has 138 valence electrons. The highest BCUT2D eigenvalue weighted by Crippen LogP contribution is 2.25. The van der Waals surface area contributed by atoms with E-state index in [0.717, 1.165) is 0 Å². The molecule has 1 unspecified atom stereocenters. The predicted octanol–water partition coefficient (Wildman–Crippen LogP) is 4.51. The Kier molecular flexibility index (Phi) is 5.88. The van der Waals surface area contributed by atoms with Gasteiger partial charge in [-0.3, -0.25) is 9.78 Å². The largest absolute Gasteiger partial charge is 0.447 e. The summed E-state index contributed by atoms with van der Waals surface area (Å²) < 4.78 is 5.31. The van der Waals surface area contributed by atoms with Gasteiger partial charge >= 0.3 is 5.97 Å². The van der Waals surface area contributed by atoms with Gasteiger partial charge in [0.2, 0.25) is 0 Å². The fourth-order valence-corrected chi connectivity index (χ4v) is 2.66. The van der Waals surface area contributed by atoms with Gasteiger partial charge in [0.1, 0.15) is 0 Å². The second kappa shape index (κ2) is 8.33. The Labute approximate surface area is 165 Å². The van der Waals surface area contributed by atoms with Gasteiger partial charge in [-0.25, -0.2) is 9.78 Å². The molecular formula is C19H15Cl2N3O3. The number of nitrogens with one attached hydrogen (secondary N) is 1. The minimum absolute atomic E-state index is 0.0366. The maximum atomic E-state index is 12.4. The summed E-state index contributed by atoms with van der Waals surface area (Å²) in [5.74, 6) is -1.19. The number of carbonyl (C=O) groups excluding carboxylic acids is 2. The zero-order valence-electron chi connectivity index (χ0n) is 14.3. The van der Waals surface area contributed by atoms with Crippen molar-refractivity contribution in [2.45, 2.75) is 19.4 Å². The number of hydrogen-bond donors (Lipinski definition) is 1. The molecule has 0 spiro atoms. The van der Waals surface area contributed by atoms with Gasteiger partial charge in [0.25, 0.3) is 5.91 Å². The minimum atomic E-state index is -0.986. The van der Waals surface area contributed by atoms with E-state index < -0.39 is 18.0 Å². The molecule has 2 aromatic carbocycles. The van der Waals surface area contributed by atoms with Crippen molar-refractivity contribution >= 4 is 51.8 Å². The van der Waals surface area contributed by atoms with Crippen LogP contribution in [-0.4, -0.2) is 27.9 Å². The van der Waals surface area contributed by atoms with Gasteiger partial charge in [-0.05, 0) is 36.8 Å². The van der Waals surface area contributed by atoms with Gasteiger partial charge in [0.15, 0.2) is 11.8 Å². The number of ether oxygens (including phenoxy) is 1. The van der Waals surface area contributed by atoms with Crippen LogP contribution in [0.1, 0.15) is 23.8 Å². The van der Waals surface area contributed by atoms with Crippen molar-refractivity contribution in [3.63, 3.8) is 0 Å². The van der Waals surface area contributed by atoms with Crippen LogP contribution in [0.2, 0.25) is 10.0 Å². The number of aromatic nitrogens is 2. The first kappa shape index (κ1) is 19.1. The van der Waals surface area contributed by atoms with E-state index >= 15 is 0 Å². The average molecular weight is 404 g/mol. The minimum Gasteiger partial charge on any atom is -0.447 e. The topological polar surface area (TPSA) is 81.2 Å². The summed E-state index contributed by atoms with van der Waals surface area (Å²) in [5, 5.41) is 3.34. The molecule has 0 aliphatic heterocycles. The van der Waals surface area contributed by atoms with Crippen molar-refractivity contribution in [1.82, 2.24) is 9.97 Å². The summed E-state index contributed by atoms with van der Waals surface area (Å²) >= 11 is 11.8. The molecule has 0 radical (unpaired) electrons. The number of para-hydroxylation sites is 2. The van der Waals surface area contributed by atoms with E-state index in [1.165, 1.54) is 12.3 Å². The highest BCUT2D eigenvalue weighted by molar-refractivity contribution is 6.42. The SMILES string of the molecule is CCC(OC(=O)c1cnc2ccccc2n1)C(=O)Nc1ccc(Cl)c(Cl)c1. The Morgan fingerprint density at radius 3 is 2.56 bits per heavy atom. The highest BCUT2D eigenvalue weighted by Gasteiger charge is 2.23. The zero-order valence-corrected chi connectivity index (χ0v) is 15.8. The van der Waals surface area contributed by atoms with Crippen LogP contribution in [0.5, 0.6) is 0 Å². The van der Waals surface area contributed by atoms with Crippen molar-refractivity contribution < 1.29 is 14.3 Å². The van der Waals surface area contributed by atoms with Crippen LogP contribution in [-0.2, 0) is 9.53 Å². The maximum absolute atomic E-state index is 12.4. The fraction of sp³-hybridized carbons (Fsp3) is 0.158. The molecule has 3 rings (SSSR count). The number of esters is 1. The molecule has 27 heavy (non-hydrogen) atoms. The molecule has 1 atom stereocenters. The number of carbonyl (C=O) groups is 2. The van der Waals surface area contributed by atoms with Crippen molar-refractivity contribution in [1.29, 1.82) is 0 Å². The second-order valence-corrected chi connectivity index (χ2v) is 6.48. The van der Waals surface area contributed by atoms with Crippen LogP contribution in [0, 0.1) is 0 Å². The summed E-state index contributed by atoms with van der Waals surface area (Å²) in [7, 11) is 0. The maximum Gasteiger partial charge on any atom is 0.359 e. The van der Waals surface area contributed by atoms with Crippen LogP contribution in [0.25, 0.3) is 11.0 Å². The van der Waals surface area contributed by atoms with Gasteiger partial charge in [-0.2, -0.15) is 0 Å². The third-order valence-corrected chi connectivity index (χ3v) is 4.50. The van der Waals surface area contributed by atoms with E-state index in [1.807, 2.05) is 6.07 Å². The van der Waals surface area contributed by atoms with Crippen LogP contribution >= 0.6 is 23.2 Å². The lowest BCUT2D eigenvalue weighted by atomic mass is 10.2. The molecule has 0 bridgehead atoms. The second-order valence-electron chi connectivity index (χ2n) is 5.66. The van der Waals surface area contributed by atoms with Crippen LogP contribution in [0.4, 0.5) is 5.69 Å². The Hall–Kier alpha value is -2.70. The van der Waals surface area contributed by atoms with Crippen molar-refractivity contribution in [3.05, 3.63) is 64.4 Å². The molecule has 0 saturated heterocycles. The molecular weight excluding hydrogens is 389 g/mol.